The van der Waals surface area contributed by atoms with Crippen LogP contribution in [0.15, 0.2) is 24.3 Å². The summed E-state index contributed by atoms with van der Waals surface area (Å²) in [4.78, 5) is 7.44. The molecule has 0 aliphatic rings. The van der Waals surface area contributed by atoms with Crippen LogP contribution in [0.25, 0.3) is 0 Å². The van der Waals surface area contributed by atoms with E-state index in [1.54, 1.807) is 6.07 Å². The molecule has 17 heavy (non-hydrogen) atoms. The zero-order chi connectivity index (χ0) is 12.4. The summed E-state index contributed by atoms with van der Waals surface area (Å²) in [5.74, 6) is 0.827. The summed E-state index contributed by atoms with van der Waals surface area (Å²) in [5.41, 5.74) is 2.04. The highest BCUT2D eigenvalue weighted by Gasteiger charge is 2.02. The third-order valence-electron chi connectivity index (χ3n) is 2.28. The van der Waals surface area contributed by atoms with Crippen molar-refractivity contribution in [1.82, 2.24) is 9.97 Å². The van der Waals surface area contributed by atoms with E-state index >= 15 is 0 Å². The Morgan fingerprint density at radius 2 is 2.00 bits per heavy atom. The highest BCUT2D eigenvalue weighted by Crippen LogP contribution is 2.23. The lowest BCUT2D eigenvalue weighted by Gasteiger charge is -2.04. The molecule has 0 aliphatic carbocycles. The minimum absolute atomic E-state index is 0.551. The lowest BCUT2D eigenvalue weighted by atomic mass is 10.1. The standard InChI is InChI=1S/C12H10Cl2N2S/c1-7-4-12(17)16-11(15-7)6-8-2-3-9(13)10(14)5-8/h2-5H,6H2,1H3,(H,15,16,17). The molecule has 0 unspecified atom stereocenters. The molecule has 5 heteroatoms. The monoisotopic (exact) mass is 284 g/mol. The Hall–Kier alpha value is -0.900. The Morgan fingerprint density at radius 3 is 2.65 bits per heavy atom. The number of rotatable bonds is 2. The van der Waals surface area contributed by atoms with Gasteiger partial charge in [-0.15, -0.1) is 0 Å². The van der Waals surface area contributed by atoms with Gasteiger partial charge in [0.15, 0.2) is 0 Å². The Morgan fingerprint density at radius 1 is 1.24 bits per heavy atom. The number of benzene rings is 1. The first-order valence-electron chi connectivity index (χ1n) is 5.05. The first kappa shape index (κ1) is 12.6. The van der Waals surface area contributed by atoms with Gasteiger partial charge in [-0.3, -0.25) is 0 Å². The summed E-state index contributed by atoms with van der Waals surface area (Å²) in [7, 11) is 0. The zero-order valence-electron chi connectivity index (χ0n) is 9.13. The van der Waals surface area contributed by atoms with Gasteiger partial charge in [0.2, 0.25) is 0 Å². The summed E-state index contributed by atoms with van der Waals surface area (Å²) in [6.07, 6.45) is 0.655. The fourth-order valence-electron chi connectivity index (χ4n) is 1.57. The Kier molecular flexibility index (Phi) is 3.82. The summed E-state index contributed by atoms with van der Waals surface area (Å²) < 4.78 is 0.594. The normalized spacial score (nSPS) is 10.5. The number of nitrogens with zero attached hydrogens (tertiary/aromatic N) is 1. The Bertz CT molecular complexity index is 608. The van der Waals surface area contributed by atoms with E-state index < -0.39 is 0 Å². The molecule has 2 rings (SSSR count). The molecule has 0 fully saturated rings. The summed E-state index contributed by atoms with van der Waals surface area (Å²) in [6, 6.07) is 7.37. The largest absolute Gasteiger partial charge is 0.347 e. The molecule has 88 valence electrons. The van der Waals surface area contributed by atoms with E-state index in [4.69, 9.17) is 35.4 Å². The Labute approximate surface area is 115 Å². The maximum absolute atomic E-state index is 5.96. The molecular formula is C12H10Cl2N2S. The third kappa shape index (κ3) is 3.28. The van der Waals surface area contributed by atoms with Gasteiger partial charge in [-0.05, 0) is 30.7 Å². The van der Waals surface area contributed by atoms with Crippen molar-refractivity contribution in [3.8, 4) is 0 Å². The highest BCUT2D eigenvalue weighted by atomic mass is 35.5. The van der Waals surface area contributed by atoms with Crippen LogP contribution >= 0.6 is 35.4 Å². The quantitative estimate of drug-likeness (QED) is 0.831. The number of aryl methyl sites for hydroxylation is 1. The van der Waals surface area contributed by atoms with Crippen molar-refractivity contribution in [2.45, 2.75) is 13.3 Å². The first-order valence-corrected chi connectivity index (χ1v) is 6.22. The van der Waals surface area contributed by atoms with Crippen LogP contribution < -0.4 is 0 Å². The number of halogens is 2. The van der Waals surface area contributed by atoms with Gasteiger partial charge in [-0.25, -0.2) is 4.98 Å². The van der Waals surface area contributed by atoms with Crippen LogP contribution in [0.3, 0.4) is 0 Å². The minimum Gasteiger partial charge on any atom is -0.347 e. The first-order chi connectivity index (χ1) is 8.04. The van der Waals surface area contributed by atoms with Gasteiger partial charge in [0.05, 0.1) is 10.0 Å². The number of aromatic nitrogens is 2. The van der Waals surface area contributed by atoms with E-state index in [2.05, 4.69) is 9.97 Å². The van der Waals surface area contributed by atoms with Crippen LogP contribution in [-0.2, 0) is 6.42 Å². The molecule has 0 saturated heterocycles. The summed E-state index contributed by atoms with van der Waals surface area (Å²) in [5, 5.41) is 1.11. The molecule has 2 nitrogen and oxygen atoms in total. The van der Waals surface area contributed by atoms with E-state index in [9.17, 15) is 0 Å². The third-order valence-corrected chi connectivity index (χ3v) is 3.23. The van der Waals surface area contributed by atoms with Crippen molar-refractivity contribution < 1.29 is 0 Å². The van der Waals surface area contributed by atoms with Gasteiger partial charge >= 0.3 is 0 Å². The highest BCUT2D eigenvalue weighted by molar-refractivity contribution is 7.71. The number of nitrogens with one attached hydrogen (secondary N) is 1. The molecule has 0 radical (unpaired) electrons. The molecule has 0 bridgehead atoms. The van der Waals surface area contributed by atoms with Gasteiger partial charge in [-0.1, -0.05) is 41.5 Å². The van der Waals surface area contributed by atoms with Crippen LogP contribution in [0.2, 0.25) is 10.0 Å². The van der Waals surface area contributed by atoms with E-state index in [-0.39, 0.29) is 0 Å². The molecule has 0 spiro atoms. The lowest BCUT2D eigenvalue weighted by Crippen LogP contribution is -1.98. The smallest absolute Gasteiger partial charge is 0.129 e. The maximum atomic E-state index is 5.96. The molecule has 1 N–H and O–H groups in total. The van der Waals surface area contributed by atoms with Crippen LogP contribution in [0.1, 0.15) is 17.1 Å². The van der Waals surface area contributed by atoms with E-state index in [0.29, 0.717) is 21.1 Å². The number of aromatic amines is 1. The van der Waals surface area contributed by atoms with E-state index in [1.807, 2.05) is 25.1 Å². The second-order valence-corrected chi connectivity index (χ2v) is 5.01. The van der Waals surface area contributed by atoms with Crippen molar-refractivity contribution in [2.75, 3.05) is 0 Å². The fourth-order valence-corrected chi connectivity index (χ4v) is 2.18. The van der Waals surface area contributed by atoms with Crippen molar-refractivity contribution in [3.63, 3.8) is 0 Å². The molecular weight excluding hydrogens is 275 g/mol. The summed E-state index contributed by atoms with van der Waals surface area (Å²) in [6.45, 7) is 1.95. The number of hydrogen-bond donors (Lipinski definition) is 1. The zero-order valence-corrected chi connectivity index (χ0v) is 11.5. The van der Waals surface area contributed by atoms with Crippen molar-refractivity contribution in [3.05, 3.63) is 56.0 Å². The molecule has 1 heterocycles. The van der Waals surface area contributed by atoms with Gasteiger partial charge in [-0.2, -0.15) is 0 Å². The van der Waals surface area contributed by atoms with Crippen LogP contribution in [-0.4, -0.2) is 9.97 Å². The second kappa shape index (κ2) is 5.17. The summed E-state index contributed by atoms with van der Waals surface area (Å²) >= 11 is 16.9. The van der Waals surface area contributed by atoms with Crippen LogP contribution in [0, 0.1) is 11.6 Å². The number of H-pyrrole nitrogens is 1. The van der Waals surface area contributed by atoms with Gasteiger partial charge in [0.1, 0.15) is 10.5 Å². The predicted molar refractivity (Wildman–Crippen MR) is 73.4 cm³/mol. The second-order valence-electron chi connectivity index (χ2n) is 3.77. The molecule has 0 amide bonds. The fraction of sp³-hybridized carbons (Fsp3) is 0.167. The van der Waals surface area contributed by atoms with Gasteiger partial charge < -0.3 is 4.98 Å². The van der Waals surface area contributed by atoms with Gasteiger partial charge in [0.25, 0.3) is 0 Å². The molecule has 2 aromatic rings. The number of hydrogen-bond acceptors (Lipinski definition) is 2. The van der Waals surface area contributed by atoms with Crippen molar-refractivity contribution in [2.24, 2.45) is 0 Å². The van der Waals surface area contributed by atoms with Crippen molar-refractivity contribution in [1.29, 1.82) is 0 Å². The predicted octanol–water partition coefficient (Wildman–Crippen LogP) is 4.35. The lowest BCUT2D eigenvalue weighted by molar-refractivity contribution is 0.935. The van der Waals surface area contributed by atoms with E-state index in [1.165, 1.54) is 0 Å². The topological polar surface area (TPSA) is 28.7 Å². The molecule has 0 aliphatic heterocycles. The average molecular weight is 285 g/mol. The SMILES string of the molecule is Cc1cc(=S)nc(Cc2ccc(Cl)c(Cl)c2)[nH]1. The molecule has 1 aromatic heterocycles. The maximum Gasteiger partial charge on any atom is 0.129 e. The molecule has 1 aromatic carbocycles. The van der Waals surface area contributed by atoms with E-state index in [0.717, 1.165) is 17.1 Å². The van der Waals surface area contributed by atoms with Crippen molar-refractivity contribution >= 4 is 35.4 Å². The molecule has 0 saturated carbocycles. The van der Waals surface area contributed by atoms with Crippen LogP contribution in [0.5, 0.6) is 0 Å². The van der Waals surface area contributed by atoms with Crippen LogP contribution in [0.4, 0.5) is 0 Å². The molecule has 0 atom stereocenters. The Balaban J connectivity index is 2.31. The minimum atomic E-state index is 0.551. The average Bonchev–Trinajstić information content (AvgIpc) is 2.22. The van der Waals surface area contributed by atoms with Gasteiger partial charge in [0, 0.05) is 12.1 Å².